The minimum atomic E-state index is -3.51. The van der Waals surface area contributed by atoms with Crippen LogP contribution in [0, 0.1) is 11.8 Å². The lowest BCUT2D eigenvalue weighted by Crippen LogP contribution is -2.44. The van der Waals surface area contributed by atoms with Gasteiger partial charge in [0.1, 0.15) is 0 Å². The fourth-order valence-corrected chi connectivity index (χ4v) is 6.02. The zero-order chi connectivity index (χ0) is 21.0. The van der Waals surface area contributed by atoms with Crippen LogP contribution in [0.25, 0.3) is 0 Å². The van der Waals surface area contributed by atoms with Gasteiger partial charge in [0, 0.05) is 37.7 Å². The van der Waals surface area contributed by atoms with E-state index in [9.17, 15) is 13.2 Å². The third kappa shape index (κ3) is 6.07. The molecule has 1 saturated carbocycles. The van der Waals surface area contributed by atoms with Crippen LogP contribution in [0.2, 0.25) is 0 Å². The topological polar surface area (TPSA) is 91.4 Å². The van der Waals surface area contributed by atoms with E-state index in [0.717, 1.165) is 18.4 Å². The average Bonchev–Trinajstić information content (AvgIpc) is 2.78. The molecular formula is C24H36N4O3S. The molecule has 176 valence electrons. The summed E-state index contributed by atoms with van der Waals surface area (Å²) >= 11 is 0. The van der Waals surface area contributed by atoms with Crippen molar-refractivity contribution < 1.29 is 13.2 Å². The van der Waals surface area contributed by atoms with Gasteiger partial charge in [0.05, 0.1) is 4.90 Å². The zero-order valence-corrected chi connectivity index (χ0v) is 17.8. The van der Waals surface area contributed by atoms with Crippen molar-refractivity contribution in [1.82, 2.24) is 14.6 Å². The van der Waals surface area contributed by atoms with E-state index >= 15 is 0 Å². The fraction of sp³-hybridized carbons (Fsp3) is 0.500. The summed E-state index contributed by atoms with van der Waals surface area (Å²) in [4.78, 5) is 16.4. The Kier molecular flexibility index (Phi) is 9.21. The van der Waals surface area contributed by atoms with Gasteiger partial charge in [-0.3, -0.25) is 4.98 Å². The molecule has 2 fully saturated rings. The second-order valence-electron chi connectivity index (χ2n) is 8.15. The largest absolute Gasteiger partial charge is 0.334 e. The number of aromatic nitrogens is 1. The molecule has 0 spiro atoms. The highest BCUT2D eigenvalue weighted by atomic mass is 32.2. The highest BCUT2D eigenvalue weighted by molar-refractivity contribution is 7.89. The number of urea groups is 1. The van der Waals surface area contributed by atoms with Crippen molar-refractivity contribution in [2.45, 2.75) is 58.4 Å². The summed E-state index contributed by atoms with van der Waals surface area (Å²) in [5.74, 6) is 1.17. The first-order valence-electron chi connectivity index (χ1n) is 10.6. The monoisotopic (exact) mass is 460 g/mol. The molecule has 2 N–H and O–H groups in total. The number of fused-ring (bicyclic) bond motifs is 1. The predicted molar refractivity (Wildman–Crippen MR) is 129 cm³/mol. The third-order valence-electron chi connectivity index (χ3n) is 6.18. The summed E-state index contributed by atoms with van der Waals surface area (Å²) in [6.07, 6.45) is 9.18. The van der Waals surface area contributed by atoms with Gasteiger partial charge in [-0.1, -0.05) is 40.2 Å². The van der Waals surface area contributed by atoms with E-state index in [2.05, 4.69) is 15.6 Å². The van der Waals surface area contributed by atoms with Crippen molar-refractivity contribution in [1.29, 1.82) is 0 Å². The van der Waals surface area contributed by atoms with Crippen molar-refractivity contribution in [3.8, 4) is 0 Å². The molecular weight excluding hydrogens is 424 g/mol. The van der Waals surface area contributed by atoms with Crippen molar-refractivity contribution >= 4 is 21.7 Å². The molecule has 1 aliphatic carbocycles. The molecule has 2 heterocycles. The summed E-state index contributed by atoms with van der Waals surface area (Å²) in [6.45, 7) is 1.59. The summed E-state index contributed by atoms with van der Waals surface area (Å²) < 4.78 is 27.8. The number of hydrogen-bond donors (Lipinski definition) is 2. The smallest absolute Gasteiger partial charge is 0.319 e. The maximum absolute atomic E-state index is 13.1. The maximum Gasteiger partial charge on any atom is 0.319 e. The summed E-state index contributed by atoms with van der Waals surface area (Å²) in [6, 6.07) is 9.73. The molecule has 8 heteroatoms. The molecule has 2 amide bonds. The molecule has 0 unspecified atom stereocenters. The van der Waals surface area contributed by atoms with Crippen molar-refractivity contribution in [3.05, 3.63) is 54.4 Å². The Morgan fingerprint density at radius 2 is 1.75 bits per heavy atom. The van der Waals surface area contributed by atoms with Gasteiger partial charge >= 0.3 is 6.03 Å². The first-order valence-corrected chi connectivity index (χ1v) is 12.0. The normalized spacial score (nSPS) is 20.8. The zero-order valence-electron chi connectivity index (χ0n) is 17.0. The summed E-state index contributed by atoms with van der Waals surface area (Å²) in [5, 5.41) is 5.48. The molecule has 0 radical (unpaired) electrons. The number of pyridine rings is 1. The standard InChI is InChI=1S/C22H28N4O3S.2CH4/c27-22(24-15-17-4-3-12-23-14-17)25-20-7-9-21(10-8-20)30(28,29)26-13-11-18-5-1-2-6-19(18)16-26;;/h3-4,7-10,12,14,18-19H,1-2,5-6,11,13,15-16H2,(H2,24,25,27);2*1H4/t18-,19-;;/m1../s1. The molecule has 1 aromatic heterocycles. The molecule has 1 aromatic carbocycles. The van der Waals surface area contributed by atoms with Gasteiger partial charge < -0.3 is 10.6 Å². The fourth-order valence-electron chi connectivity index (χ4n) is 4.51. The predicted octanol–water partition coefficient (Wildman–Crippen LogP) is 4.88. The molecule has 1 aliphatic heterocycles. The van der Waals surface area contributed by atoms with Gasteiger partial charge in [0.2, 0.25) is 10.0 Å². The highest BCUT2D eigenvalue weighted by Crippen LogP contribution is 2.37. The van der Waals surface area contributed by atoms with E-state index in [4.69, 9.17) is 0 Å². The lowest BCUT2D eigenvalue weighted by Gasteiger charge is -2.40. The first-order chi connectivity index (χ1) is 14.5. The Balaban J connectivity index is 0.00000181. The van der Waals surface area contributed by atoms with Crippen molar-refractivity contribution in [2.75, 3.05) is 18.4 Å². The first kappa shape index (κ1) is 25.8. The number of anilines is 1. The lowest BCUT2D eigenvalue weighted by atomic mass is 9.76. The molecule has 32 heavy (non-hydrogen) atoms. The van der Waals surface area contributed by atoms with E-state index in [0.29, 0.717) is 37.2 Å². The number of benzene rings is 1. The lowest BCUT2D eigenvalue weighted by molar-refractivity contribution is 0.136. The molecule has 2 aromatic rings. The highest BCUT2D eigenvalue weighted by Gasteiger charge is 2.36. The third-order valence-corrected chi connectivity index (χ3v) is 8.06. The van der Waals surface area contributed by atoms with Crippen LogP contribution in [-0.2, 0) is 16.6 Å². The average molecular weight is 461 g/mol. The van der Waals surface area contributed by atoms with Gasteiger partial charge in [-0.2, -0.15) is 4.31 Å². The van der Waals surface area contributed by atoms with E-state index in [1.165, 1.54) is 19.3 Å². The van der Waals surface area contributed by atoms with Gasteiger partial charge in [0.15, 0.2) is 0 Å². The van der Waals surface area contributed by atoms with E-state index < -0.39 is 10.0 Å². The maximum atomic E-state index is 13.1. The SMILES string of the molecule is C.C.O=C(NCc1cccnc1)Nc1ccc(S(=O)(=O)N2CC[C@H]3CCCC[C@@H]3C2)cc1. The Labute approximate surface area is 192 Å². The van der Waals surface area contributed by atoms with Gasteiger partial charge in [-0.05, 0) is 60.6 Å². The summed E-state index contributed by atoms with van der Waals surface area (Å²) in [7, 11) is -3.51. The minimum Gasteiger partial charge on any atom is -0.334 e. The molecule has 2 aliphatic rings. The van der Waals surface area contributed by atoms with Crippen molar-refractivity contribution in [3.63, 3.8) is 0 Å². The second-order valence-corrected chi connectivity index (χ2v) is 10.1. The Hall–Kier alpha value is -2.45. The van der Waals surface area contributed by atoms with Crippen LogP contribution in [-0.4, -0.2) is 36.8 Å². The number of piperidine rings is 1. The van der Waals surface area contributed by atoms with Crippen LogP contribution in [0.3, 0.4) is 0 Å². The minimum absolute atomic E-state index is 0. The van der Waals surface area contributed by atoms with Crippen LogP contribution in [0.5, 0.6) is 0 Å². The van der Waals surface area contributed by atoms with Crippen LogP contribution in [0.15, 0.2) is 53.7 Å². The molecule has 2 atom stereocenters. The quantitative estimate of drug-likeness (QED) is 0.665. The van der Waals surface area contributed by atoms with Crippen LogP contribution in [0.4, 0.5) is 10.5 Å². The summed E-state index contributed by atoms with van der Waals surface area (Å²) in [5.41, 5.74) is 1.44. The van der Waals surface area contributed by atoms with Crippen LogP contribution in [0.1, 0.15) is 52.5 Å². The molecule has 4 rings (SSSR count). The number of amides is 2. The van der Waals surface area contributed by atoms with E-state index in [1.807, 2.05) is 12.1 Å². The van der Waals surface area contributed by atoms with Crippen LogP contribution < -0.4 is 10.6 Å². The number of carbonyl (C=O) groups is 1. The molecule has 7 nitrogen and oxygen atoms in total. The van der Waals surface area contributed by atoms with Gasteiger partial charge in [0.25, 0.3) is 0 Å². The molecule has 1 saturated heterocycles. The number of hydrogen-bond acceptors (Lipinski definition) is 4. The van der Waals surface area contributed by atoms with Gasteiger partial charge in [-0.15, -0.1) is 0 Å². The number of nitrogens with one attached hydrogen (secondary N) is 2. The number of rotatable bonds is 5. The van der Waals surface area contributed by atoms with E-state index in [-0.39, 0.29) is 25.8 Å². The van der Waals surface area contributed by atoms with Crippen molar-refractivity contribution in [2.24, 2.45) is 11.8 Å². The van der Waals surface area contributed by atoms with Crippen LogP contribution >= 0.6 is 0 Å². The number of carbonyl (C=O) groups excluding carboxylic acids is 1. The number of sulfonamides is 1. The Bertz CT molecular complexity index is 964. The number of nitrogens with zero attached hydrogens (tertiary/aromatic N) is 2. The Morgan fingerprint density at radius 3 is 2.44 bits per heavy atom. The van der Waals surface area contributed by atoms with E-state index in [1.54, 1.807) is 41.0 Å². The Morgan fingerprint density at radius 1 is 1.03 bits per heavy atom. The second kappa shape index (κ2) is 11.4. The molecule has 0 bridgehead atoms. The van der Waals surface area contributed by atoms with Gasteiger partial charge in [-0.25, -0.2) is 13.2 Å².